The van der Waals surface area contributed by atoms with Crippen molar-refractivity contribution in [2.45, 2.75) is 44.8 Å². The first kappa shape index (κ1) is 13.5. The second kappa shape index (κ2) is 6.30. The second-order valence-electron chi connectivity index (χ2n) is 5.09. The van der Waals surface area contributed by atoms with Crippen molar-refractivity contribution in [1.29, 1.82) is 0 Å². The Kier molecular flexibility index (Phi) is 4.72. The van der Waals surface area contributed by atoms with E-state index in [0.29, 0.717) is 12.0 Å². The van der Waals surface area contributed by atoms with Crippen molar-refractivity contribution in [1.82, 2.24) is 5.32 Å². The highest BCUT2D eigenvalue weighted by Gasteiger charge is 2.30. The molecular weight excluding hydrogens is 229 g/mol. The third-order valence-electron chi connectivity index (χ3n) is 3.60. The molecule has 2 nitrogen and oxygen atoms in total. The molecule has 0 radical (unpaired) electrons. The molecule has 1 N–H and O–H groups in total. The Balaban J connectivity index is 1.71. The number of benzene rings is 1. The molecule has 1 unspecified atom stereocenters. The van der Waals surface area contributed by atoms with Gasteiger partial charge in [0.25, 0.3) is 0 Å². The summed E-state index contributed by atoms with van der Waals surface area (Å²) in [4.78, 5) is 0. The molecule has 100 valence electrons. The predicted octanol–water partition coefficient (Wildman–Crippen LogP) is 3.09. The number of nitrogens with one attached hydrogen (secondary N) is 1. The van der Waals surface area contributed by atoms with E-state index < -0.39 is 0 Å². The van der Waals surface area contributed by atoms with E-state index in [1.807, 2.05) is 13.0 Å². The number of halogens is 1. The first-order valence-electron chi connectivity index (χ1n) is 6.79. The fourth-order valence-corrected chi connectivity index (χ4v) is 2.49. The van der Waals surface area contributed by atoms with Gasteiger partial charge in [-0.2, -0.15) is 0 Å². The van der Waals surface area contributed by atoms with Crippen LogP contribution in [0.5, 0.6) is 0 Å². The Labute approximate surface area is 109 Å². The maximum absolute atomic E-state index is 13.1. The van der Waals surface area contributed by atoms with Crippen molar-refractivity contribution < 1.29 is 9.13 Å². The number of hydrogen-bond acceptors (Lipinski definition) is 2. The Bertz CT molecular complexity index is 377. The zero-order chi connectivity index (χ0) is 13.0. The Morgan fingerprint density at radius 2 is 2.22 bits per heavy atom. The van der Waals surface area contributed by atoms with E-state index >= 15 is 0 Å². The molecule has 1 aliphatic rings. The fraction of sp³-hybridized carbons (Fsp3) is 0.600. The summed E-state index contributed by atoms with van der Waals surface area (Å²) in [5.41, 5.74) is 1.13. The third-order valence-corrected chi connectivity index (χ3v) is 3.60. The van der Waals surface area contributed by atoms with Gasteiger partial charge in [0, 0.05) is 19.2 Å². The van der Waals surface area contributed by atoms with Gasteiger partial charge < -0.3 is 10.1 Å². The molecule has 1 aliphatic carbocycles. The zero-order valence-corrected chi connectivity index (χ0v) is 11.2. The van der Waals surface area contributed by atoms with Crippen LogP contribution in [-0.4, -0.2) is 25.3 Å². The van der Waals surface area contributed by atoms with Gasteiger partial charge in [0.05, 0.1) is 6.10 Å². The summed E-state index contributed by atoms with van der Waals surface area (Å²) in [5, 5.41) is 3.50. The monoisotopic (exact) mass is 251 g/mol. The molecule has 0 aromatic heterocycles. The number of ether oxygens (including phenoxy) is 1. The summed E-state index contributed by atoms with van der Waals surface area (Å²) in [6.07, 6.45) is 2.47. The molecule has 0 spiro atoms. The molecule has 1 atom stereocenters. The summed E-state index contributed by atoms with van der Waals surface area (Å²) < 4.78 is 18.6. The van der Waals surface area contributed by atoms with Crippen molar-refractivity contribution in [3.63, 3.8) is 0 Å². The van der Waals surface area contributed by atoms with Crippen molar-refractivity contribution in [3.05, 3.63) is 35.6 Å². The molecule has 0 bridgehead atoms. The number of hydrogen-bond donors (Lipinski definition) is 1. The fourth-order valence-electron chi connectivity index (χ4n) is 2.49. The van der Waals surface area contributed by atoms with Crippen LogP contribution in [0.3, 0.4) is 0 Å². The quantitative estimate of drug-likeness (QED) is 0.839. The molecule has 0 saturated heterocycles. The van der Waals surface area contributed by atoms with Crippen LogP contribution in [0.1, 0.15) is 38.2 Å². The molecule has 3 heteroatoms. The molecule has 0 aliphatic heterocycles. The minimum atomic E-state index is -0.131. The lowest BCUT2D eigenvalue weighted by Crippen LogP contribution is -2.43. The summed E-state index contributed by atoms with van der Waals surface area (Å²) in [7, 11) is 0. The zero-order valence-electron chi connectivity index (χ0n) is 11.2. The number of rotatable bonds is 6. The lowest BCUT2D eigenvalue weighted by Gasteiger charge is -2.37. The van der Waals surface area contributed by atoms with Crippen LogP contribution >= 0.6 is 0 Å². The van der Waals surface area contributed by atoms with Crippen LogP contribution in [0.2, 0.25) is 0 Å². The molecule has 2 rings (SSSR count). The standard InChI is InChI=1S/C15H22FNO/c1-3-18-11(2)10-17-15-8-13(9-15)12-5-4-6-14(16)7-12/h4-7,11,13,15,17H,3,8-10H2,1-2H3. The van der Waals surface area contributed by atoms with E-state index in [0.717, 1.165) is 31.6 Å². The lowest BCUT2D eigenvalue weighted by molar-refractivity contribution is 0.0702. The molecule has 1 saturated carbocycles. The van der Waals surface area contributed by atoms with Gasteiger partial charge in [-0.05, 0) is 50.3 Å². The molecule has 1 aromatic carbocycles. The van der Waals surface area contributed by atoms with E-state index in [1.54, 1.807) is 12.1 Å². The first-order chi connectivity index (χ1) is 8.69. The first-order valence-corrected chi connectivity index (χ1v) is 6.79. The van der Waals surface area contributed by atoms with Crippen LogP contribution in [-0.2, 0) is 4.74 Å². The van der Waals surface area contributed by atoms with Gasteiger partial charge in [-0.3, -0.25) is 0 Å². The van der Waals surface area contributed by atoms with Crippen LogP contribution in [0, 0.1) is 5.82 Å². The van der Waals surface area contributed by atoms with Crippen molar-refractivity contribution in [2.24, 2.45) is 0 Å². The van der Waals surface area contributed by atoms with Gasteiger partial charge in [0.1, 0.15) is 5.82 Å². The summed E-state index contributed by atoms with van der Waals surface area (Å²) in [6.45, 7) is 5.76. The minimum absolute atomic E-state index is 0.131. The highest BCUT2D eigenvalue weighted by atomic mass is 19.1. The van der Waals surface area contributed by atoms with Gasteiger partial charge in [-0.25, -0.2) is 4.39 Å². The maximum Gasteiger partial charge on any atom is 0.123 e. The summed E-state index contributed by atoms with van der Waals surface area (Å²) >= 11 is 0. The highest BCUT2D eigenvalue weighted by molar-refractivity contribution is 5.23. The maximum atomic E-state index is 13.1. The normalized spacial score (nSPS) is 24.6. The van der Waals surface area contributed by atoms with Crippen LogP contribution in [0.4, 0.5) is 4.39 Å². The van der Waals surface area contributed by atoms with Crippen LogP contribution < -0.4 is 5.32 Å². The minimum Gasteiger partial charge on any atom is -0.377 e. The van der Waals surface area contributed by atoms with Gasteiger partial charge >= 0.3 is 0 Å². The Morgan fingerprint density at radius 1 is 1.44 bits per heavy atom. The Hall–Kier alpha value is -0.930. The average molecular weight is 251 g/mol. The van der Waals surface area contributed by atoms with E-state index in [-0.39, 0.29) is 11.9 Å². The van der Waals surface area contributed by atoms with Crippen LogP contribution in [0.15, 0.2) is 24.3 Å². The molecule has 0 amide bonds. The predicted molar refractivity (Wildman–Crippen MR) is 71.3 cm³/mol. The summed E-state index contributed by atoms with van der Waals surface area (Å²) in [5.74, 6) is 0.384. The van der Waals surface area contributed by atoms with Crippen molar-refractivity contribution >= 4 is 0 Å². The van der Waals surface area contributed by atoms with Gasteiger partial charge in [0.2, 0.25) is 0 Å². The Morgan fingerprint density at radius 3 is 2.89 bits per heavy atom. The second-order valence-corrected chi connectivity index (χ2v) is 5.09. The molecule has 18 heavy (non-hydrogen) atoms. The molecular formula is C15H22FNO. The molecule has 1 fully saturated rings. The largest absolute Gasteiger partial charge is 0.377 e. The average Bonchev–Trinajstić information content (AvgIpc) is 2.27. The van der Waals surface area contributed by atoms with Gasteiger partial charge in [-0.15, -0.1) is 0 Å². The highest BCUT2D eigenvalue weighted by Crippen LogP contribution is 2.36. The lowest BCUT2D eigenvalue weighted by atomic mass is 9.76. The van der Waals surface area contributed by atoms with Crippen molar-refractivity contribution in [3.8, 4) is 0 Å². The van der Waals surface area contributed by atoms with Gasteiger partial charge in [-0.1, -0.05) is 12.1 Å². The molecule has 1 aromatic rings. The van der Waals surface area contributed by atoms with E-state index in [2.05, 4.69) is 12.2 Å². The van der Waals surface area contributed by atoms with Crippen molar-refractivity contribution in [2.75, 3.05) is 13.2 Å². The van der Waals surface area contributed by atoms with Crippen LogP contribution in [0.25, 0.3) is 0 Å². The summed E-state index contributed by atoms with van der Waals surface area (Å²) in [6, 6.07) is 7.53. The van der Waals surface area contributed by atoms with Gasteiger partial charge in [0.15, 0.2) is 0 Å². The SMILES string of the molecule is CCOC(C)CNC1CC(c2cccc(F)c2)C1. The van der Waals surface area contributed by atoms with E-state index in [1.165, 1.54) is 6.07 Å². The van der Waals surface area contributed by atoms with E-state index in [4.69, 9.17) is 4.74 Å². The third kappa shape index (κ3) is 3.53. The topological polar surface area (TPSA) is 21.3 Å². The molecule has 0 heterocycles. The van der Waals surface area contributed by atoms with E-state index in [9.17, 15) is 4.39 Å². The smallest absolute Gasteiger partial charge is 0.123 e.